The highest BCUT2D eigenvalue weighted by atomic mass is 15.0. The monoisotopic (exact) mass is 266 g/mol. The molecule has 2 rings (SSSR count). The Morgan fingerprint density at radius 1 is 1.05 bits per heavy atom. The van der Waals surface area contributed by atoms with Gasteiger partial charge >= 0.3 is 0 Å². The number of unbranched alkanes of at least 4 members (excludes halogenated alkanes) is 1. The lowest BCUT2D eigenvalue weighted by Crippen LogP contribution is -2.13. The lowest BCUT2D eigenvalue weighted by atomic mass is 9.94. The molecule has 104 valence electrons. The Kier molecular flexibility index (Phi) is 5.15. The molecule has 0 N–H and O–H groups in total. The maximum absolute atomic E-state index is 9.09. The summed E-state index contributed by atoms with van der Waals surface area (Å²) in [4.78, 5) is 2.22. The molecule has 0 unspecified atom stereocenters. The van der Waals surface area contributed by atoms with Gasteiger partial charge in [-0.1, -0.05) is 36.4 Å². The fraction of sp³-hybridized carbons (Fsp3) is 0.389. The van der Waals surface area contributed by atoms with Gasteiger partial charge in [-0.25, -0.2) is 0 Å². The number of aryl methyl sites for hydroxylation is 1. The lowest BCUT2D eigenvalue weighted by Gasteiger charge is -2.12. The van der Waals surface area contributed by atoms with E-state index in [2.05, 4.69) is 61.5 Å². The average molecular weight is 266 g/mol. The van der Waals surface area contributed by atoms with Crippen LogP contribution in [0.4, 0.5) is 0 Å². The van der Waals surface area contributed by atoms with Gasteiger partial charge < -0.3 is 4.90 Å². The number of hydrogen-bond acceptors (Lipinski definition) is 2. The van der Waals surface area contributed by atoms with Crippen LogP contribution in [0.2, 0.25) is 0 Å². The van der Waals surface area contributed by atoms with Crippen molar-refractivity contribution in [1.29, 1.82) is 5.26 Å². The van der Waals surface area contributed by atoms with Gasteiger partial charge in [0.15, 0.2) is 0 Å². The minimum atomic E-state index is 0.504. The van der Waals surface area contributed by atoms with E-state index in [9.17, 15) is 0 Å². The molecule has 2 aromatic rings. The highest BCUT2D eigenvalue weighted by Gasteiger charge is 2.07. The van der Waals surface area contributed by atoms with Crippen molar-refractivity contribution in [2.75, 3.05) is 20.6 Å². The first kappa shape index (κ1) is 14.6. The van der Waals surface area contributed by atoms with E-state index < -0.39 is 0 Å². The predicted molar refractivity (Wildman–Crippen MR) is 84.8 cm³/mol. The van der Waals surface area contributed by atoms with Gasteiger partial charge in [0.2, 0.25) is 0 Å². The number of benzene rings is 2. The van der Waals surface area contributed by atoms with Crippen molar-refractivity contribution in [1.82, 2.24) is 4.90 Å². The molecule has 0 spiro atoms. The van der Waals surface area contributed by atoms with Crippen molar-refractivity contribution in [3.8, 4) is 6.07 Å². The second-order valence-electron chi connectivity index (χ2n) is 5.52. The largest absolute Gasteiger partial charge is 0.309 e. The Bertz CT molecular complexity index is 608. The zero-order valence-corrected chi connectivity index (χ0v) is 12.4. The Labute approximate surface area is 121 Å². The smallest absolute Gasteiger partial charge is 0.0670 e. The van der Waals surface area contributed by atoms with Crippen LogP contribution in [0.5, 0.6) is 0 Å². The van der Waals surface area contributed by atoms with E-state index in [-0.39, 0.29) is 0 Å². The van der Waals surface area contributed by atoms with Crippen LogP contribution in [0.3, 0.4) is 0 Å². The highest BCUT2D eigenvalue weighted by molar-refractivity contribution is 5.87. The molecule has 0 aliphatic carbocycles. The minimum Gasteiger partial charge on any atom is -0.309 e. The van der Waals surface area contributed by atoms with E-state index in [4.69, 9.17) is 5.26 Å². The highest BCUT2D eigenvalue weighted by Crippen LogP contribution is 2.24. The molecular weight excluding hydrogens is 244 g/mol. The summed E-state index contributed by atoms with van der Waals surface area (Å²) >= 11 is 0. The van der Waals surface area contributed by atoms with Gasteiger partial charge in [-0.15, -0.1) is 0 Å². The minimum absolute atomic E-state index is 0.504. The van der Waals surface area contributed by atoms with E-state index in [1.54, 1.807) is 0 Å². The van der Waals surface area contributed by atoms with Crippen molar-refractivity contribution in [3.05, 3.63) is 47.5 Å². The number of rotatable bonds is 6. The van der Waals surface area contributed by atoms with E-state index in [0.717, 1.165) is 13.0 Å². The summed E-state index contributed by atoms with van der Waals surface area (Å²) < 4.78 is 0. The van der Waals surface area contributed by atoms with E-state index >= 15 is 0 Å². The number of fused-ring (bicyclic) bond motifs is 1. The number of nitrogens with zero attached hydrogens (tertiary/aromatic N) is 2. The SMILES string of the molecule is CN(C)CCCCc1ccc2ccccc2c1CC#N. The van der Waals surface area contributed by atoms with Gasteiger partial charge in [0.1, 0.15) is 0 Å². The summed E-state index contributed by atoms with van der Waals surface area (Å²) in [7, 11) is 4.22. The van der Waals surface area contributed by atoms with Crippen LogP contribution in [0.1, 0.15) is 24.0 Å². The second-order valence-corrected chi connectivity index (χ2v) is 5.52. The van der Waals surface area contributed by atoms with Crippen molar-refractivity contribution in [2.24, 2.45) is 0 Å². The Morgan fingerprint density at radius 3 is 2.60 bits per heavy atom. The summed E-state index contributed by atoms with van der Waals surface area (Å²) in [5.74, 6) is 0. The Morgan fingerprint density at radius 2 is 1.85 bits per heavy atom. The fourth-order valence-electron chi connectivity index (χ4n) is 2.65. The van der Waals surface area contributed by atoms with Gasteiger partial charge in [-0.05, 0) is 61.8 Å². The molecule has 0 atom stereocenters. The molecule has 0 heterocycles. The third-order valence-corrected chi connectivity index (χ3v) is 3.69. The van der Waals surface area contributed by atoms with Gasteiger partial charge in [0.05, 0.1) is 12.5 Å². The molecule has 2 aromatic carbocycles. The summed E-state index contributed by atoms with van der Waals surface area (Å²) in [6.07, 6.45) is 3.95. The normalized spacial score (nSPS) is 10.9. The summed E-state index contributed by atoms with van der Waals surface area (Å²) in [5, 5.41) is 11.6. The molecule has 20 heavy (non-hydrogen) atoms. The van der Waals surface area contributed by atoms with Gasteiger partial charge in [-0.3, -0.25) is 0 Å². The number of hydrogen-bond donors (Lipinski definition) is 0. The molecule has 0 radical (unpaired) electrons. The van der Waals surface area contributed by atoms with Crippen LogP contribution < -0.4 is 0 Å². The van der Waals surface area contributed by atoms with Crippen molar-refractivity contribution in [2.45, 2.75) is 25.7 Å². The molecule has 0 amide bonds. The van der Waals surface area contributed by atoms with Crippen LogP contribution in [0, 0.1) is 11.3 Å². The van der Waals surface area contributed by atoms with Gasteiger partial charge in [0, 0.05) is 0 Å². The molecule has 0 fully saturated rings. The molecule has 0 bridgehead atoms. The molecule has 2 nitrogen and oxygen atoms in total. The Balaban J connectivity index is 2.19. The van der Waals surface area contributed by atoms with Crippen molar-refractivity contribution < 1.29 is 0 Å². The first-order chi connectivity index (χ1) is 9.72. The summed E-state index contributed by atoms with van der Waals surface area (Å²) in [6, 6.07) is 15.0. The predicted octanol–water partition coefficient (Wildman–Crippen LogP) is 3.79. The van der Waals surface area contributed by atoms with Crippen LogP contribution in [-0.4, -0.2) is 25.5 Å². The summed E-state index contributed by atoms with van der Waals surface area (Å²) in [5.41, 5.74) is 2.56. The maximum atomic E-state index is 9.09. The molecule has 0 saturated carbocycles. The first-order valence-corrected chi connectivity index (χ1v) is 7.23. The van der Waals surface area contributed by atoms with Crippen LogP contribution in [0.15, 0.2) is 36.4 Å². The molecule has 0 saturated heterocycles. The van der Waals surface area contributed by atoms with E-state index in [0.29, 0.717) is 6.42 Å². The summed E-state index contributed by atoms with van der Waals surface area (Å²) in [6.45, 7) is 1.13. The molecule has 2 heteroatoms. The maximum Gasteiger partial charge on any atom is 0.0670 e. The molecule has 0 aliphatic heterocycles. The zero-order valence-electron chi connectivity index (χ0n) is 12.4. The fourth-order valence-corrected chi connectivity index (χ4v) is 2.65. The van der Waals surface area contributed by atoms with E-state index in [1.165, 1.54) is 34.7 Å². The molecule has 0 aliphatic rings. The first-order valence-electron chi connectivity index (χ1n) is 7.23. The van der Waals surface area contributed by atoms with E-state index in [1.807, 2.05) is 0 Å². The second kappa shape index (κ2) is 7.07. The van der Waals surface area contributed by atoms with Crippen molar-refractivity contribution in [3.63, 3.8) is 0 Å². The van der Waals surface area contributed by atoms with Crippen molar-refractivity contribution >= 4 is 10.8 Å². The van der Waals surface area contributed by atoms with Gasteiger partial charge in [0.25, 0.3) is 0 Å². The standard InChI is InChI=1S/C18H22N2/c1-20(2)14-6-5-8-16-11-10-15-7-3-4-9-17(15)18(16)12-13-19/h3-4,7,9-11H,5-6,8,12,14H2,1-2H3. The zero-order chi connectivity index (χ0) is 14.4. The van der Waals surface area contributed by atoms with Crippen LogP contribution in [0.25, 0.3) is 10.8 Å². The van der Waals surface area contributed by atoms with Crippen LogP contribution in [-0.2, 0) is 12.8 Å². The topological polar surface area (TPSA) is 27.0 Å². The third-order valence-electron chi connectivity index (χ3n) is 3.69. The quantitative estimate of drug-likeness (QED) is 0.744. The van der Waals surface area contributed by atoms with Crippen LogP contribution >= 0.6 is 0 Å². The average Bonchev–Trinajstić information content (AvgIpc) is 2.45. The Hall–Kier alpha value is -1.85. The third kappa shape index (κ3) is 3.59. The molecular formula is C18H22N2. The lowest BCUT2D eigenvalue weighted by molar-refractivity contribution is 0.394. The number of nitriles is 1. The van der Waals surface area contributed by atoms with Gasteiger partial charge in [-0.2, -0.15) is 5.26 Å². The molecule has 0 aromatic heterocycles.